The third kappa shape index (κ3) is 4.86. The van der Waals surface area contributed by atoms with Gasteiger partial charge in [0.15, 0.2) is 0 Å². The first-order chi connectivity index (χ1) is 13.8. The summed E-state index contributed by atoms with van der Waals surface area (Å²) in [6.45, 7) is 1.16. The number of benzene rings is 2. The van der Waals surface area contributed by atoms with E-state index < -0.39 is 17.6 Å². The first-order valence-electron chi connectivity index (χ1n) is 9.06. The number of amides is 3. The van der Waals surface area contributed by atoms with Gasteiger partial charge in [0.1, 0.15) is 0 Å². The minimum atomic E-state index is -4.52. The molecule has 29 heavy (non-hydrogen) atoms. The van der Waals surface area contributed by atoms with E-state index in [4.69, 9.17) is 5.21 Å². The minimum Gasteiger partial charge on any atom is -0.324 e. The zero-order valence-electron chi connectivity index (χ0n) is 15.4. The highest BCUT2D eigenvalue weighted by Crippen LogP contribution is 2.32. The van der Waals surface area contributed by atoms with E-state index in [0.717, 1.165) is 25.0 Å². The lowest BCUT2D eigenvalue weighted by Gasteiger charge is -2.28. The smallest absolute Gasteiger partial charge is 0.324 e. The number of nitrogens with zero attached hydrogens (tertiary/aromatic N) is 2. The van der Waals surface area contributed by atoms with Gasteiger partial charge >= 0.3 is 12.2 Å². The fourth-order valence-corrected chi connectivity index (χ4v) is 3.21. The summed E-state index contributed by atoms with van der Waals surface area (Å²) in [6, 6.07) is 10.4. The maximum absolute atomic E-state index is 13.1. The molecule has 1 saturated heterocycles. The van der Waals surface area contributed by atoms with Crippen LogP contribution in [0.25, 0.3) is 0 Å². The monoisotopic (exact) mass is 407 g/mol. The molecule has 1 aliphatic rings. The summed E-state index contributed by atoms with van der Waals surface area (Å²) in [6.07, 6.45) is -2.81. The molecule has 2 aromatic rings. The van der Waals surface area contributed by atoms with Crippen molar-refractivity contribution in [3.8, 4) is 0 Å². The minimum absolute atomic E-state index is 0.0394. The van der Waals surface area contributed by atoms with E-state index in [2.05, 4.69) is 0 Å². The number of carbonyl (C=O) groups is 2. The average Bonchev–Trinajstić information content (AvgIpc) is 3.26. The van der Waals surface area contributed by atoms with Crippen LogP contribution in [0.5, 0.6) is 0 Å². The number of hydrogen-bond donors (Lipinski definition) is 2. The van der Waals surface area contributed by atoms with E-state index >= 15 is 0 Å². The highest BCUT2D eigenvalue weighted by Gasteiger charge is 2.32. The predicted octanol–water partition coefficient (Wildman–Crippen LogP) is 4.05. The Morgan fingerprint density at radius 1 is 1.07 bits per heavy atom. The molecular weight excluding hydrogens is 387 g/mol. The summed E-state index contributed by atoms with van der Waals surface area (Å²) in [4.78, 5) is 27.4. The predicted molar refractivity (Wildman–Crippen MR) is 99.5 cm³/mol. The largest absolute Gasteiger partial charge is 0.416 e. The van der Waals surface area contributed by atoms with Gasteiger partial charge in [-0.1, -0.05) is 18.2 Å². The number of anilines is 1. The second-order valence-corrected chi connectivity index (χ2v) is 6.75. The molecule has 0 spiro atoms. The molecule has 2 aromatic carbocycles. The van der Waals surface area contributed by atoms with Gasteiger partial charge in [-0.15, -0.1) is 0 Å². The van der Waals surface area contributed by atoms with Crippen LogP contribution in [0.15, 0.2) is 48.5 Å². The number of carbonyl (C=O) groups excluding carboxylic acids is 2. The van der Waals surface area contributed by atoms with Crippen molar-refractivity contribution in [3.05, 3.63) is 65.2 Å². The fourth-order valence-electron chi connectivity index (χ4n) is 3.21. The van der Waals surface area contributed by atoms with Crippen molar-refractivity contribution < 1.29 is 28.0 Å². The zero-order chi connectivity index (χ0) is 21.0. The molecule has 0 aromatic heterocycles. The SMILES string of the molecule is O=C(NO)c1ccc(CN(C(=O)N2CCCC2)c2cccc(C(F)(F)F)c2)cc1. The molecule has 0 radical (unpaired) electrons. The maximum atomic E-state index is 13.1. The third-order valence-corrected chi connectivity index (χ3v) is 4.75. The Morgan fingerprint density at radius 2 is 1.72 bits per heavy atom. The summed E-state index contributed by atoms with van der Waals surface area (Å²) in [5.41, 5.74) is 1.69. The molecule has 0 atom stereocenters. The molecule has 0 saturated carbocycles. The molecule has 0 bridgehead atoms. The van der Waals surface area contributed by atoms with Crippen molar-refractivity contribution >= 4 is 17.6 Å². The number of hydrogen-bond acceptors (Lipinski definition) is 3. The van der Waals surface area contributed by atoms with Gasteiger partial charge in [0.2, 0.25) is 0 Å². The molecule has 6 nitrogen and oxygen atoms in total. The molecule has 3 rings (SSSR count). The van der Waals surface area contributed by atoms with Crippen LogP contribution in [-0.4, -0.2) is 35.1 Å². The average molecular weight is 407 g/mol. The first-order valence-corrected chi connectivity index (χ1v) is 9.06. The molecule has 1 aliphatic heterocycles. The number of halogens is 3. The van der Waals surface area contributed by atoms with Crippen LogP contribution in [0.3, 0.4) is 0 Å². The highest BCUT2D eigenvalue weighted by atomic mass is 19.4. The van der Waals surface area contributed by atoms with E-state index in [1.165, 1.54) is 34.6 Å². The lowest BCUT2D eigenvalue weighted by molar-refractivity contribution is -0.137. The molecule has 154 valence electrons. The van der Waals surface area contributed by atoms with E-state index in [1.807, 2.05) is 0 Å². The Balaban J connectivity index is 1.91. The number of urea groups is 1. The number of likely N-dealkylation sites (tertiary alicyclic amines) is 1. The Hall–Kier alpha value is -3.07. The number of nitrogens with one attached hydrogen (secondary N) is 1. The standard InChI is InChI=1S/C20H20F3N3O3/c21-20(22,23)16-4-3-5-17(12-16)26(19(28)25-10-1-2-11-25)13-14-6-8-15(9-7-14)18(27)24-29/h3-9,12,29H,1-2,10-11,13H2,(H,24,27). The molecule has 2 N–H and O–H groups in total. The van der Waals surface area contributed by atoms with E-state index in [1.54, 1.807) is 17.0 Å². The second kappa shape index (κ2) is 8.52. The molecule has 0 unspecified atom stereocenters. The van der Waals surface area contributed by atoms with Gasteiger partial charge < -0.3 is 4.90 Å². The Morgan fingerprint density at radius 3 is 2.31 bits per heavy atom. The van der Waals surface area contributed by atoms with Crippen LogP contribution < -0.4 is 10.4 Å². The summed E-state index contributed by atoms with van der Waals surface area (Å²) >= 11 is 0. The zero-order valence-corrected chi connectivity index (χ0v) is 15.4. The van der Waals surface area contributed by atoms with Crippen molar-refractivity contribution in [2.75, 3.05) is 18.0 Å². The van der Waals surface area contributed by atoms with E-state index in [0.29, 0.717) is 18.7 Å². The molecule has 1 fully saturated rings. The first kappa shape index (κ1) is 20.7. The van der Waals surface area contributed by atoms with Crippen LogP contribution in [0.2, 0.25) is 0 Å². The van der Waals surface area contributed by atoms with Crippen molar-refractivity contribution in [2.45, 2.75) is 25.6 Å². The third-order valence-electron chi connectivity index (χ3n) is 4.75. The van der Waals surface area contributed by atoms with Crippen LogP contribution in [0, 0.1) is 0 Å². The topological polar surface area (TPSA) is 72.9 Å². The number of alkyl halides is 3. The lowest BCUT2D eigenvalue weighted by Crippen LogP contribution is -2.41. The molecule has 3 amide bonds. The van der Waals surface area contributed by atoms with Gasteiger partial charge in [-0.05, 0) is 48.7 Å². The Bertz CT molecular complexity index is 879. The van der Waals surface area contributed by atoms with Crippen LogP contribution in [-0.2, 0) is 12.7 Å². The van der Waals surface area contributed by atoms with Gasteiger partial charge in [-0.3, -0.25) is 14.9 Å². The number of rotatable bonds is 4. The van der Waals surface area contributed by atoms with Crippen molar-refractivity contribution in [1.82, 2.24) is 10.4 Å². The van der Waals surface area contributed by atoms with Gasteiger partial charge in [0, 0.05) is 24.3 Å². The molecule has 9 heteroatoms. The molecular formula is C20H20F3N3O3. The summed E-state index contributed by atoms with van der Waals surface area (Å²) in [5.74, 6) is -0.681. The van der Waals surface area contributed by atoms with Gasteiger partial charge in [-0.25, -0.2) is 10.3 Å². The summed E-state index contributed by atoms with van der Waals surface area (Å²) in [7, 11) is 0. The quantitative estimate of drug-likeness (QED) is 0.593. The van der Waals surface area contributed by atoms with Gasteiger partial charge in [-0.2, -0.15) is 13.2 Å². The normalized spacial score (nSPS) is 14.0. The number of hydroxylamine groups is 1. The van der Waals surface area contributed by atoms with Gasteiger partial charge in [0.05, 0.1) is 12.1 Å². The maximum Gasteiger partial charge on any atom is 0.416 e. The lowest BCUT2D eigenvalue weighted by atomic mass is 10.1. The Kier molecular flexibility index (Phi) is 6.07. The summed E-state index contributed by atoms with van der Waals surface area (Å²) < 4.78 is 39.4. The van der Waals surface area contributed by atoms with Crippen LogP contribution in [0.1, 0.15) is 34.3 Å². The molecule has 0 aliphatic carbocycles. The summed E-state index contributed by atoms with van der Waals surface area (Å²) in [5, 5.41) is 8.69. The highest BCUT2D eigenvalue weighted by molar-refractivity contribution is 5.94. The van der Waals surface area contributed by atoms with Gasteiger partial charge in [0.25, 0.3) is 5.91 Å². The van der Waals surface area contributed by atoms with E-state index in [9.17, 15) is 22.8 Å². The Labute approximate surface area is 165 Å². The van der Waals surface area contributed by atoms with Crippen molar-refractivity contribution in [2.24, 2.45) is 0 Å². The van der Waals surface area contributed by atoms with Crippen molar-refractivity contribution in [3.63, 3.8) is 0 Å². The second-order valence-electron chi connectivity index (χ2n) is 6.75. The van der Waals surface area contributed by atoms with E-state index in [-0.39, 0.29) is 23.8 Å². The van der Waals surface area contributed by atoms with Crippen molar-refractivity contribution in [1.29, 1.82) is 0 Å². The molecule has 1 heterocycles. The van der Waals surface area contributed by atoms with Crippen LogP contribution in [0.4, 0.5) is 23.7 Å². The van der Waals surface area contributed by atoms with Crippen LogP contribution >= 0.6 is 0 Å². The fraction of sp³-hybridized carbons (Fsp3) is 0.300.